The zero-order valence-corrected chi connectivity index (χ0v) is 7.97. The van der Waals surface area contributed by atoms with Crippen molar-refractivity contribution >= 4 is 5.69 Å². The van der Waals surface area contributed by atoms with Crippen molar-refractivity contribution in [1.29, 1.82) is 0 Å². The zero-order chi connectivity index (χ0) is 10.3. The highest BCUT2D eigenvalue weighted by Crippen LogP contribution is 2.35. The second kappa shape index (κ2) is 2.95. The average Bonchev–Trinajstić information content (AvgIpc) is 2.26. The lowest BCUT2D eigenvalue weighted by Crippen LogP contribution is -2.05. The largest absolute Gasteiger partial charge is 0.438 e. The first-order valence-corrected chi connectivity index (χ1v) is 4.68. The van der Waals surface area contributed by atoms with E-state index in [1.54, 1.807) is 6.20 Å². The molecule has 0 fully saturated rings. The smallest absolute Gasteiger partial charge is 0.225 e. The summed E-state index contributed by atoms with van der Waals surface area (Å²) in [6.07, 6.45) is 4.06. The summed E-state index contributed by atoms with van der Waals surface area (Å²) in [6.45, 7) is 0. The molecule has 0 saturated heterocycles. The molecule has 0 radical (unpaired) electrons. The number of hydrogen-bond acceptors (Lipinski definition) is 4. The van der Waals surface area contributed by atoms with E-state index in [1.165, 1.54) is 6.33 Å². The maximum Gasteiger partial charge on any atom is 0.225 e. The van der Waals surface area contributed by atoms with Crippen molar-refractivity contribution in [3.05, 3.63) is 41.9 Å². The molecule has 1 aromatic carbocycles. The number of hydrogen-bond donors (Lipinski definition) is 1. The number of nitrogen functional groups attached to an aromatic ring is 1. The first kappa shape index (κ1) is 8.23. The summed E-state index contributed by atoms with van der Waals surface area (Å²) < 4.78 is 5.63. The quantitative estimate of drug-likeness (QED) is 0.560. The Morgan fingerprint density at radius 3 is 3.13 bits per heavy atom. The van der Waals surface area contributed by atoms with E-state index in [2.05, 4.69) is 9.97 Å². The third-order valence-corrected chi connectivity index (χ3v) is 2.43. The molecule has 4 heteroatoms. The van der Waals surface area contributed by atoms with Crippen molar-refractivity contribution in [2.45, 2.75) is 6.42 Å². The predicted octanol–water partition coefficient (Wildman–Crippen LogP) is 1.76. The van der Waals surface area contributed by atoms with Gasteiger partial charge in [0.2, 0.25) is 5.88 Å². The molecule has 0 atom stereocenters. The van der Waals surface area contributed by atoms with Gasteiger partial charge in [0.15, 0.2) is 0 Å². The Bertz CT molecular complexity index is 525. The summed E-state index contributed by atoms with van der Waals surface area (Å²) in [6, 6.07) is 5.66. The number of fused-ring (bicyclic) bond motifs is 2. The van der Waals surface area contributed by atoms with Crippen LogP contribution in [0.5, 0.6) is 11.6 Å². The van der Waals surface area contributed by atoms with Crippen LogP contribution in [0.15, 0.2) is 30.7 Å². The van der Waals surface area contributed by atoms with E-state index in [1.807, 2.05) is 18.2 Å². The molecule has 0 unspecified atom stereocenters. The molecule has 0 amide bonds. The monoisotopic (exact) mass is 199 g/mol. The zero-order valence-electron chi connectivity index (χ0n) is 7.97. The van der Waals surface area contributed by atoms with Gasteiger partial charge in [-0.15, -0.1) is 0 Å². The van der Waals surface area contributed by atoms with Crippen molar-refractivity contribution in [1.82, 2.24) is 9.97 Å². The molecule has 15 heavy (non-hydrogen) atoms. The lowest BCUT2D eigenvalue weighted by Gasteiger charge is -2.18. The topological polar surface area (TPSA) is 61.0 Å². The maximum absolute atomic E-state index is 5.69. The van der Waals surface area contributed by atoms with Gasteiger partial charge in [-0.25, -0.2) is 9.97 Å². The molecule has 1 aromatic heterocycles. The van der Waals surface area contributed by atoms with E-state index in [0.717, 1.165) is 23.3 Å². The van der Waals surface area contributed by atoms with Crippen LogP contribution in [-0.4, -0.2) is 9.97 Å². The van der Waals surface area contributed by atoms with E-state index in [9.17, 15) is 0 Å². The Morgan fingerprint density at radius 1 is 1.27 bits per heavy atom. The fraction of sp³-hybridized carbons (Fsp3) is 0.0909. The first-order chi connectivity index (χ1) is 7.33. The average molecular weight is 199 g/mol. The van der Waals surface area contributed by atoms with Crippen LogP contribution >= 0.6 is 0 Å². The maximum atomic E-state index is 5.69. The van der Waals surface area contributed by atoms with Crippen molar-refractivity contribution in [3.63, 3.8) is 0 Å². The van der Waals surface area contributed by atoms with Crippen molar-refractivity contribution in [2.24, 2.45) is 0 Å². The van der Waals surface area contributed by atoms with Crippen LogP contribution in [0.2, 0.25) is 0 Å². The minimum absolute atomic E-state index is 0.628. The standard InChI is InChI=1S/C11H9N3O/c12-9-2-1-7-3-8-5-13-6-14-11(8)15-10(7)4-9/h1-2,4-6H,3,12H2. The van der Waals surface area contributed by atoms with E-state index in [-0.39, 0.29) is 0 Å². The number of nitrogens with zero attached hydrogens (tertiary/aromatic N) is 2. The van der Waals surface area contributed by atoms with Gasteiger partial charge < -0.3 is 10.5 Å². The van der Waals surface area contributed by atoms with Crippen LogP contribution in [0, 0.1) is 0 Å². The van der Waals surface area contributed by atoms with E-state index < -0.39 is 0 Å². The SMILES string of the molecule is Nc1ccc2c(c1)Oc1ncncc1C2. The summed E-state index contributed by atoms with van der Waals surface area (Å²) in [5.74, 6) is 1.42. The molecule has 74 valence electrons. The van der Waals surface area contributed by atoms with Crippen LogP contribution < -0.4 is 10.5 Å². The molecule has 4 nitrogen and oxygen atoms in total. The number of ether oxygens (including phenoxy) is 1. The Hall–Kier alpha value is -2.10. The summed E-state index contributed by atoms with van der Waals surface area (Å²) >= 11 is 0. The Labute approximate surface area is 86.7 Å². The molecule has 0 saturated carbocycles. The molecular weight excluding hydrogens is 190 g/mol. The van der Waals surface area contributed by atoms with E-state index in [4.69, 9.17) is 10.5 Å². The van der Waals surface area contributed by atoms with Gasteiger partial charge in [-0.05, 0) is 11.6 Å². The third-order valence-electron chi connectivity index (χ3n) is 2.43. The molecular formula is C11H9N3O. The summed E-state index contributed by atoms with van der Waals surface area (Å²) in [5.41, 5.74) is 8.52. The molecule has 3 rings (SSSR count). The minimum Gasteiger partial charge on any atom is -0.438 e. The highest BCUT2D eigenvalue weighted by atomic mass is 16.5. The first-order valence-electron chi connectivity index (χ1n) is 4.68. The van der Waals surface area contributed by atoms with Crippen LogP contribution in [0.4, 0.5) is 5.69 Å². The molecule has 0 bridgehead atoms. The van der Waals surface area contributed by atoms with Crippen LogP contribution in [0.1, 0.15) is 11.1 Å². The van der Waals surface area contributed by atoms with Crippen molar-refractivity contribution < 1.29 is 4.74 Å². The Kier molecular flexibility index (Phi) is 1.62. The lowest BCUT2D eigenvalue weighted by atomic mass is 10.0. The summed E-state index contributed by atoms with van der Waals surface area (Å²) in [5, 5.41) is 0. The molecule has 2 aromatic rings. The van der Waals surface area contributed by atoms with Crippen LogP contribution in [0.25, 0.3) is 0 Å². The molecule has 0 spiro atoms. The Morgan fingerprint density at radius 2 is 2.20 bits per heavy atom. The fourth-order valence-corrected chi connectivity index (χ4v) is 1.68. The molecule has 2 N–H and O–H groups in total. The number of nitrogens with two attached hydrogens (primary N) is 1. The fourth-order valence-electron chi connectivity index (χ4n) is 1.68. The molecule has 1 aliphatic rings. The number of aromatic nitrogens is 2. The van der Waals surface area contributed by atoms with Gasteiger partial charge in [0.05, 0.1) is 0 Å². The van der Waals surface area contributed by atoms with Gasteiger partial charge in [-0.1, -0.05) is 6.07 Å². The van der Waals surface area contributed by atoms with Crippen molar-refractivity contribution in [2.75, 3.05) is 5.73 Å². The second-order valence-corrected chi connectivity index (χ2v) is 3.50. The van der Waals surface area contributed by atoms with E-state index >= 15 is 0 Å². The van der Waals surface area contributed by atoms with Gasteiger partial charge >= 0.3 is 0 Å². The second-order valence-electron chi connectivity index (χ2n) is 3.50. The van der Waals surface area contributed by atoms with Crippen LogP contribution in [-0.2, 0) is 6.42 Å². The van der Waals surface area contributed by atoms with Gasteiger partial charge in [-0.3, -0.25) is 0 Å². The van der Waals surface area contributed by atoms with Gasteiger partial charge in [0, 0.05) is 29.9 Å². The number of benzene rings is 1. The third kappa shape index (κ3) is 1.30. The Balaban J connectivity index is 2.11. The molecule has 0 aliphatic carbocycles. The normalized spacial score (nSPS) is 12.5. The highest BCUT2D eigenvalue weighted by Gasteiger charge is 2.17. The van der Waals surface area contributed by atoms with E-state index in [0.29, 0.717) is 11.6 Å². The summed E-state index contributed by atoms with van der Waals surface area (Å²) in [7, 11) is 0. The minimum atomic E-state index is 0.628. The number of rotatable bonds is 0. The lowest BCUT2D eigenvalue weighted by molar-refractivity contribution is 0.439. The molecule has 1 aliphatic heterocycles. The van der Waals surface area contributed by atoms with Gasteiger partial charge in [0.1, 0.15) is 12.1 Å². The molecule has 2 heterocycles. The van der Waals surface area contributed by atoms with Gasteiger partial charge in [-0.2, -0.15) is 0 Å². The number of anilines is 1. The van der Waals surface area contributed by atoms with Crippen LogP contribution in [0.3, 0.4) is 0 Å². The predicted molar refractivity (Wildman–Crippen MR) is 55.8 cm³/mol. The van der Waals surface area contributed by atoms with Gasteiger partial charge in [0.25, 0.3) is 0 Å². The highest BCUT2D eigenvalue weighted by molar-refractivity contribution is 5.53. The van der Waals surface area contributed by atoms with Crippen molar-refractivity contribution in [3.8, 4) is 11.6 Å². The summed E-state index contributed by atoms with van der Waals surface area (Å²) in [4.78, 5) is 8.05.